The molecule has 0 saturated carbocycles. The highest BCUT2D eigenvalue weighted by molar-refractivity contribution is 6.33. The number of benzene rings is 1. The van der Waals surface area contributed by atoms with Crippen LogP contribution >= 0.6 is 23.2 Å². The van der Waals surface area contributed by atoms with Crippen molar-refractivity contribution >= 4 is 23.2 Å². The topological polar surface area (TPSA) is 45.9 Å². The number of halogens is 2. The molecule has 18 heavy (non-hydrogen) atoms. The van der Waals surface area contributed by atoms with Crippen LogP contribution in [0.1, 0.15) is 11.1 Å². The summed E-state index contributed by atoms with van der Waals surface area (Å²) in [5.41, 5.74) is 1.17. The van der Waals surface area contributed by atoms with E-state index in [4.69, 9.17) is 33.2 Å². The second-order valence-corrected chi connectivity index (χ2v) is 4.25. The number of pyridine rings is 1. The average Bonchev–Trinajstić information content (AvgIpc) is 2.39. The van der Waals surface area contributed by atoms with Crippen molar-refractivity contribution in [3.05, 3.63) is 57.7 Å². The largest absolute Gasteiger partial charge is 0.472 e. The number of hydrogen-bond acceptors (Lipinski definition) is 3. The molecule has 1 heterocycles. The molecule has 0 fully saturated rings. The molecule has 3 nitrogen and oxygen atoms in total. The molecule has 5 heteroatoms. The summed E-state index contributed by atoms with van der Waals surface area (Å²) >= 11 is 12.0. The van der Waals surface area contributed by atoms with E-state index in [1.54, 1.807) is 6.07 Å². The Kier molecular flexibility index (Phi) is 4.03. The van der Waals surface area contributed by atoms with Crippen molar-refractivity contribution in [2.24, 2.45) is 0 Å². The molecule has 0 amide bonds. The van der Waals surface area contributed by atoms with Gasteiger partial charge in [-0.05, 0) is 12.1 Å². The summed E-state index contributed by atoms with van der Waals surface area (Å²) in [7, 11) is 0. The van der Waals surface area contributed by atoms with Gasteiger partial charge in [0.15, 0.2) is 0 Å². The fourth-order valence-electron chi connectivity index (χ4n) is 1.37. The SMILES string of the molecule is N#Cc1ccnc(OCc2ccccc2Cl)c1Cl. The minimum Gasteiger partial charge on any atom is -0.472 e. The summed E-state index contributed by atoms with van der Waals surface area (Å²) < 4.78 is 5.47. The molecule has 0 saturated heterocycles. The monoisotopic (exact) mass is 278 g/mol. The lowest BCUT2D eigenvalue weighted by Crippen LogP contribution is -1.99. The molecular weight excluding hydrogens is 271 g/mol. The van der Waals surface area contributed by atoms with Crippen LogP contribution in [-0.2, 0) is 6.61 Å². The normalized spacial score (nSPS) is 9.83. The number of nitriles is 1. The standard InChI is InChI=1S/C13H8Cl2N2O/c14-11-4-2-1-3-10(11)8-18-13-12(15)9(7-16)5-6-17-13/h1-6H,8H2. The average molecular weight is 279 g/mol. The predicted octanol–water partition coefficient (Wildman–Crippen LogP) is 3.84. The molecule has 0 spiro atoms. The third-order valence-electron chi connectivity index (χ3n) is 2.30. The number of hydrogen-bond donors (Lipinski definition) is 0. The Morgan fingerprint density at radius 1 is 1.22 bits per heavy atom. The number of nitrogens with zero attached hydrogens (tertiary/aromatic N) is 2. The molecule has 90 valence electrons. The van der Waals surface area contributed by atoms with E-state index in [1.807, 2.05) is 24.3 Å². The van der Waals surface area contributed by atoms with E-state index in [2.05, 4.69) is 4.98 Å². The van der Waals surface area contributed by atoms with Crippen LogP contribution in [0.25, 0.3) is 0 Å². The van der Waals surface area contributed by atoms with E-state index in [9.17, 15) is 0 Å². The van der Waals surface area contributed by atoms with Crippen LogP contribution in [0, 0.1) is 11.3 Å². The Morgan fingerprint density at radius 3 is 2.72 bits per heavy atom. The summed E-state index contributed by atoms with van der Waals surface area (Å²) in [6.07, 6.45) is 1.48. The third-order valence-corrected chi connectivity index (χ3v) is 3.03. The van der Waals surface area contributed by atoms with Gasteiger partial charge in [-0.1, -0.05) is 41.4 Å². The lowest BCUT2D eigenvalue weighted by molar-refractivity contribution is 0.294. The molecule has 2 aromatic rings. The summed E-state index contributed by atoms with van der Waals surface area (Å²) in [5, 5.41) is 9.66. The van der Waals surface area contributed by atoms with E-state index in [-0.39, 0.29) is 17.5 Å². The lowest BCUT2D eigenvalue weighted by Gasteiger charge is -2.08. The minimum absolute atomic E-state index is 0.215. The first kappa shape index (κ1) is 12.7. The van der Waals surface area contributed by atoms with Crippen molar-refractivity contribution < 1.29 is 4.74 Å². The van der Waals surface area contributed by atoms with E-state index >= 15 is 0 Å². The molecule has 0 atom stereocenters. The summed E-state index contributed by atoms with van der Waals surface area (Å²) in [4.78, 5) is 3.98. The highest BCUT2D eigenvalue weighted by atomic mass is 35.5. The molecule has 0 radical (unpaired) electrons. The third kappa shape index (κ3) is 2.73. The second-order valence-electron chi connectivity index (χ2n) is 3.47. The van der Waals surface area contributed by atoms with Crippen molar-refractivity contribution in [3.63, 3.8) is 0 Å². The van der Waals surface area contributed by atoms with Crippen LogP contribution < -0.4 is 4.74 Å². The summed E-state index contributed by atoms with van der Waals surface area (Å²) in [5.74, 6) is 0.232. The Labute approximate surface area is 115 Å². The molecule has 0 unspecified atom stereocenters. The lowest BCUT2D eigenvalue weighted by atomic mass is 10.2. The molecule has 1 aromatic carbocycles. The van der Waals surface area contributed by atoms with E-state index in [0.717, 1.165) is 5.56 Å². The van der Waals surface area contributed by atoms with Gasteiger partial charge in [-0.25, -0.2) is 4.98 Å². The van der Waals surface area contributed by atoms with Crippen molar-refractivity contribution in [3.8, 4) is 11.9 Å². The Bertz CT molecular complexity index is 608. The smallest absolute Gasteiger partial charge is 0.234 e. The first-order chi connectivity index (χ1) is 8.72. The van der Waals surface area contributed by atoms with Crippen LogP contribution in [0.15, 0.2) is 36.5 Å². The fraction of sp³-hybridized carbons (Fsp3) is 0.0769. The van der Waals surface area contributed by atoms with E-state index in [0.29, 0.717) is 10.6 Å². The quantitative estimate of drug-likeness (QED) is 0.857. The highest BCUT2D eigenvalue weighted by Crippen LogP contribution is 2.26. The molecule has 0 aliphatic carbocycles. The highest BCUT2D eigenvalue weighted by Gasteiger charge is 2.09. The number of ether oxygens (including phenoxy) is 1. The van der Waals surface area contributed by atoms with Gasteiger partial charge in [0.2, 0.25) is 5.88 Å². The Hall–Kier alpha value is -1.76. The second kappa shape index (κ2) is 5.72. The zero-order valence-electron chi connectivity index (χ0n) is 9.23. The first-order valence-corrected chi connectivity index (χ1v) is 5.89. The maximum Gasteiger partial charge on any atom is 0.234 e. The van der Waals surface area contributed by atoms with Gasteiger partial charge in [-0.2, -0.15) is 5.26 Å². The summed E-state index contributed by atoms with van der Waals surface area (Å²) in [6, 6.07) is 10.8. The first-order valence-electron chi connectivity index (χ1n) is 5.13. The van der Waals surface area contributed by atoms with E-state index < -0.39 is 0 Å². The zero-order valence-corrected chi connectivity index (χ0v) is 10.7. The molecule has 1 aromatic heterocycles. The maximum absolute atomic E-state index is 8.83. The Balaban J connectivity index is 2.17. The van der Waals surface area contributed by atoms with Crippen LogP contribution in [0.2, 0.25) is 10.0 Å². The van der Waals surface area contributed by atoms with Crippen molar-refractivity contribution in [1.82, 2.24) is 4.98 Å². The fourth-order valence-corrected chi connectivity index (χ4v) is 1.77. The van der Waals surface area contributed by atoms with Gasteiger partial charge < -0.3 is 4.74 Å². The zero-order chi connectivity index (χ0) is 13.0. The Morgan fingerprint density at radius 2 is 2.00 bits per heavy atom. The van der Waals surface area contributed by atoms with Crippen LogP contribution in [0.4, 0.5) is 0 Å². The van der Waals surface area contributed by atoms with Gasteiger partial charge in [0, 0.05) is 16.8 Å². The van der Waals surface area contributed by atoms with Gasteiger partial charge in [-0.3, -0.25) is 0 Å². The van der Waals surface area contributed by atoms with Crippen LogP contribution in [-0.4, -0.2) is 4.98 Å². The van der Waals surface area contributed by atoms with Gasteiger partial charge in [0.25, 0.3) is 0 Å². The number of rotatable bonds is 3. The van der Waals surface area contributed by atoms with Gasteiger partial charge >= 0.3 is 0 Å². The molecule has 0 N–H and O–H groups in total. The molecule has 2 rings (SSSR count). The summed E-state index contributed by atoms with van der Waals surface area (Å²) in [6.45, 7) is 0.251. The van der Waals surface area contributed by atoms with E-state index in [1.165, 1.54) is 12.3 Å². The molecule has 0 aliphatic heterocycles. The van der Waals surface area contributed by atoms with Crippen LogP contribution in [0.5, 0.6) is 5.88 Å². The molecular formula is C13H8Cl2N2O. The van der Waals surface area contributed by atoms with Gasteiger partial charge in [0.1, 0.15) is 17.7 Å². The predicted molar refractivity (Wildman–Crippen MR) is 69.7 cm³/mol. The molecule has 0 bridgehead atoms. The number of aromatic nitrogens is 1. The van der Waals surface area contributed by atoms with Crippen molar-refractivity contribution in [2.45, 2.75) is 6.61 Å². The van der Waals surface area contributed by atoms with Gasteiger partial charge in [-0.15, -0.1) is 0 Å². The van der Waals surface area contributed by atoms with Gasteiger partial charge in [0.05, 0.1) is 5.56 Å². The van der Waals surface area contributed by atoms with Crippen LogP contribution in [0.3, 0.4) is 0 Å². The minimum atomic E-state index is 0.215. The molecule has 0 aliphatic rings. The maximum atomic E-state index is 8.83. The van der Waals surface area contributed by atoms with Crippen molar-refractivity contribution in [1.29, 1.82) is 5.26 Å². The van der Waals surface area contributed by atoms with Crippen molar-refractivity contribution in [2.75, 3.05) is 0 Å².